The molecule has 74 valence electrons. The molecule has 1 N–H and O–H groups in total. The molecule has 4 nitrogen and oxygen atoms in total. The standard InChI is InChI=1S/C10H13N3O/c1-2-13(5-6-14)10-3-4-12-9(7-10)8-11/h3-4,7,14H,2,5-6H2,1H3. The summed E-state index contributed by atoms with van der Waals surface area (Å²) in [4.78, 5) is 5.87. The number of anilines is 1. The number of aliphatic hydroxyl groups excluding tert-OH is 1. The van der Waals surface area contributed by atoms with Gasteiger partial charge in [-0.3, -0.25) is 0 Å². The molecule has 0 aliphatic carbocycles. The smallest absolute Gasteiger partial charge is 0.142 e. The second-order valence-electron chi connectivity index (χ2n) is 2.81. The van der Waals surface area contributed by atoms with Gasteiger partial charge in [0.1, 0.15) is 11.8 Å². The lowest BCUT2D eigenvalue weighted by molar-refractivity contribution is 0.302. The van der Waals surface area contributed by atoms with Gasteiger partial charge in [-0.25, -0.2) is 4.98 Å². The van der Waals surface area contributed by atoms with Crippen LogP contribution < -0.4 is 4.90 Å². The second-order valence-corrected chi connectivity index (χ2v) is 2.81. The van der Waals surface area contributed by atoms with Gasteiger partial charge in [-0.2, -0.15) is 5.26 Å². The minimum atomic E-state index is 0.109. The van der Waals surface area contributed by atoms with Crippen LogP contribution in [0.1, 0.15) is 12.6 Å². The summed E-state index contributed by atoms with van der Waals surface area (Å²) in [6.07, 6.45) is 1.61. The molecule has 1 rings (SSSR count). The Hall–Kier alpha value is -1.60. The molecule has 0 bridgehead atoms. The number of aromatic nitrogens is 1. The van der Waals surface area contributed by atoms with Gasteiger partial charge < -0.3 is 10.0 Å². The third kappa shape index (κ3) is 2.44. The van der Waals surface area contributed by atoms with Crippen LogP contribution in [0.3, 0.4) is 0 Å². The largest absolute Gasteiger partial charge is 0.395 e. The van der Waals surface area contributed by atoms with Gasteiger partial charge in [-0.15, -0.1) is 0 Å². The molecule has 0 radical (unpaired) electrons. The molecule has 1 heterocycles. The first-order valence-electron chi connectivity index (χ1n) is 4.53. The molecular weight excluding hydrogens is 178 g/mol. The molecule has 0 aromatic carbocycles. The Morgan fingerprint density at radius 2 is 2.43 bits per heavy atom. The van der Waals surface area contributed by atoms with E-state index in [0.29, 0.717) is 12.2 Å². The Labute approximate surface area is 83.4 Å². The normalized spacial score (nSPS) is 9.50. The fraction of sp³-hybridized carbons (Fsp3) is 0.400. The molecule has 0 saturated carbocycles. The van der Waals surface area contributed by atoms with Gasteiger partial charge in [0, 0.05) is 25.0 Å². The highest BCUT2D eigenvalue weighted by Crippen LogP contribution is 2.13. The predicted molar refractivity (Wildman–Crippen MR) is 53.9 cm³/mol. The van der Waals surface area contributed by atoms with Crippen LogP contribution in [0.5, 0.6) is 0 Å². The molecule has 0 saturated heterocycles. The fourth-order valence-electron chi connectivity index (χ4n) is 1.27. The Morgan fingerprint density at radius 3 is 3.00 bits per heavy atom. The Bertz CT molecular complexity index is 332. The zero-order valence-corrected chi connectivity index (χ0v) is 8.14. The first-order chi connectivity index (χ1) is 6.81. The maximum atomic E-state index is 8.83. The fourth-order valence-corrected chi connectivity index (χ4v) is 1.27. The number of nitrogens with zero attached hydrogens (tertiary/aromatic N) is 3. The third-order valence-electron chi connectivity index (χ3n) is 1.97. The maximum absolute atomic E-state index is 8.83. The molecule has 0 spiro atoms. The van der Waals surface area contributed by atoms with Crippen molar-refractivity contribution in [1.29, 1.82) is 5.26 Å². The van der Waals surface area contributed by atoms with Gasteiger partial charge in [0.05, 0.1) is 6.61 Å². The first kappa shape index (κ1) is 10.5. The molecule has 1 aromatic rings. The summed E-state index contributed by atoms with van der Waals surface area (Å²) in [5, 5.41) is 17.5. The number of rotatable bonds is 4. The van der Waals surface area contributed by atoms with Crippen molar-refractivity contribution in [3.63, 3.8) is 0 Å². The van der Waals surface area contributed by atoms with E-state index in [0.717, 1.165) is 12.2 Å². The molecule has 0 atom stereocenters. The van der Waals surface area contributed by atoms with Crippen molar-refractivity contribution >= 4 is 5.69 Å². The number of hydrogen-bond donors (Lipinski definition) is 1. The van der Waals surface area contributed by atoms with Gasteiger partial charge in [0.25, 0.3) is 0 Å². The van der Waals surface area contributed by atoms with E-state index < -0.39 is 0 Å². The Kier molecular flexibility index (Phi) is 3.89. The lowest BCUT2D eigenvalue weighted by Gasteiger charge is -2.21. The molecular formula is C10H13N3O. The van der Waals surface area contributed by atoms with E-state index in [9.17, 15) is 0 Å². The molecule has 0 aliphatic heterocycles. The number of pyridine rings is 1. The van der Waals surface area contributed by atoms with Gasteiger partial charge in [0.15, 0.2) is 0 Å². The lowest BCUT2D eigenvalue weighted by Crippen LogP contribution is -2.26. The highest BCUT2D eigenvalue weighted by Gasteiger charge is 2.03. The van der Waals surface area contributed by atoms with Crippen molar-refractivity contribution in [2.45, 2.75) is 6.92 Å². The van der Waals surface area contributed by atoms with Crippen LogP contribution in [0.25, 0.3) is 0 Å². The van der Waals surface area contributed by atoms with Crippen molar-refractivity contribution in [3.8, 4) is 6.07 Å². The minimum absolute atomic E-state index is 0.109. The highest BCUT2D eigenvalue weighted by atomic mass is 16.3. The van der Waals surface area contributed by atoms with E-state index in [4.69, 9.17) is 10.4 Å². The van der Waals surface area contributed by atoms with Gasteiger partial charge in [-0.1, -0.05) is 0 Å². The van der Waals surface area contributed by atoms with E-state index in [1.54, 1.807) is 12.3 Å². The zero-order chi connectivity index (χ0) is 10.4. The molecule has 0 unspecified atom stereocenters. The first-order valence-corrected chi connectivity index (χ1v) is 4.53. The van der Waals surface area contributed by atoms with Crippen LogP contribution in [0, 0.1) is 11.3 Å². The van der Waals surface area contributed by atoms with E-state index >= 15 is 0 Å². The number of likely N-dealkylation sites (N-methyl/N-ethyl adjacent to an activating group) is 1. The monoisotopic (exact) mass is 191 g/mol. The molecule has 14 heavy (non-hydrogen) atoms. The van der Waals surface area contributed by atoms with Crippen LogP contribution in [0.4, 0.5) is 5.69 Å². The Balaban J connectivity index is 2.87. The topological polar surface area (TPSA) is 60.1 Å². The van der Waals surface area contributed by atoms with Crippen LogP contribution in [0.2, 0.25) is 0 Å². The van der Waals surface area contributed by atoms with Gasteiger partial charge >= 0.3 is 0 Å². The zero-order valence-electron chi connectivity index (χ0n) is 8.14. The summed E-state index contributed by atoms with van der Waals surface area (Å²) >= 11 is 0. The number of hydrogen-bond acceptors (Lipinski definition) is 4. The van der Waals surface area contributed by atoms with E-state index in [1.165, 1.54) is 0 Å². The predicted octanol–water partition coefficient (Wildman–Crippen LogP) is 0.772. The van der Waals surface area contributed by atoms with Crippen LogP contribution >= 0.6 is 0 Å². The summed E-state index contributed by atoms with van der Waals surface area (Å²) in [7, 11) is 0. The molecule has 4 heteroatoms. The van der Waals surface area contributed by atoms with E-state index in [2.05, 4.69) is 4.98 Å². The van der Waals surface area contributed by atoms with Crippen molar-refractivity contribution in [1.82, 2.24) is 4.98 Å². The maximum Gasteiger partial charge on any atom is 0.142 e. The summed E-state index contributed by atoms with van der Waals surface area (Å²) in [5.74, 6) is 0. The number of nitriles is 1. The molecule has 0 fully saturated rings. The van der Waals surface area contributed by atoms with Crippen LogP contribution in [-0.4, -0.2) is 29.8 Å². The third-order valence-corrected chi connectivity index (χ3v) is 1.97. The Morgan fingerprint density at radius 1 is 1.64 bits per heavy atom. The highest BCUT2D eigenvalue weighted by molar-refractivity contribution is 5.48. The average molecular weight is 191 g/mol. The molecule has 0 aliphatic rings. The summed E-state index contributed by atoms with van der Waals surface area (Å²) in [6.45, 7) is 3.49. The summed E-state index contributed by atoms with van der Waals surface area (Å²) in [5.41, 5.74) is 1.33. The van der Waals surface area contributed by atoms with E-state index in [-0.39, 0.29) is 6.61 Å². The average Bonchev–Trinajstić information content (AvgIpc) is 2.26. The van der Waals surface area contributed by atoms with Crippen molar-refractivity contribution in [2.75, 3.05) is 24.6 Å². The van der Waals surface area contributed by atoms with Gasteiger partial charge in [0.2, 0.25) is 0 Å². The SMILES string of the molecule is CCN(CCO)c1ccnc(C#N)c1. The number of aliphatic hydroxyl groups is 1. The van der Waals surface area contributed by atoms with Crippen molar-refractivity contribution < 1.29 is 5.11 Å². The molecule has 0 amide bonds. The summed E-state index contributed by atoms with van der Waals surface area (Å²) < 4.78 is 0. The van der Waals surface area contributed by atoms with Crippen LogP contribution in [-0.2, 0) is 0 Å². The minimum Gasteiger partial charge on any atom is -0.395 e. The van der Waals surface area contributed by atoms with Crippen molar-refractivity contribution in [3.05, 3.63) is 24.0 Å². The quantitative estimate of drug-likeness (QED) is 0.763. The second kappa shape index (κ2) is 5.20. The molecule has 1 aromatic heterocycles. The van der Waals surface area contributed by atoms with E-state index in [1.807, 2.05) is 24.0 Å². The van der Waals surface area contributed by atoms with Crippen molar-refractivity contribution in [2.24, 2.45) is 0 Å². The van der Waals surface area contributed by atoms with Gasteiger partial charge in [-0.05, 0) is 19.1 Å². The lowest BCUT2D eigenvalue weighted by atomic mass is 10.3. The van der Waals surface area contributed by atoms with Crippen LogP contribution in [0.15, 0.2) is 18.3 Å². The summed E-state index contributed by atoms with van der Waals surface area (Å²) in [6, 6.07) is 5.54.